The fourth-order valence-corrected chi connectivity index (χ4v) is 14.1. The van der Waals surface area contributed by atoms with Crippen molar-refractivity contribution in [3.05, 3.63) is 94.0 Å². The molecule has 3 aromatic carbocycles. The van der Waals surface area contributed by atoms with Gasteiger partial charge in [0.2, 0.25) is 8.32 Å². The van der Waals surface area contributed by atoms with Crippen LogP contribution in [0, 0.1) is 18.6 Å². The number of amides is 1. The first-order valence-electron chi connectivity index (χ1n) is 18.6. The van der Waals surface area contributed by atoms with Crippen molar-refractivity contribution in [3.8, 4) is 11.1 Å². The fraction of sp³-hybridized carbons (Fsp3) is 0.548. The van der Waals surface area contributed by atoms with Crippen LogP contribution in [0.2, 0.25) is 16.6 Å². The molecule has 1 N–H and O–H groups in total. The quantitative estimate of drug-likeness (QED) is 0.209. The summed E-state index contributed by atoms with van der Waals surface area (Å²) < 4.78 is 54.0. The van der Waals surface area contributed by atoms with E-state index in [1.807, 2.05) is 31.2 Å². The van der Waals surface area contributed by atoms with Crippen LogP contribution in [0.3, 0.4) is 0 Å². The highest BCUT2D eigenvalue weighted by atomic mass is 28.4. The first kappa shape index (κ1) is 40.0. The zero-order chi connectivity index (χ0) is 38.2. The molecule has 2 aliphatic heterocycles. The molecule has 0 unspecified atom stereocenters. The van der Waals surface area contributed by atoms with Crippen molar-refractivity contribution in [3.63, 3.8) is 0 Å². The van der Waals surface area contributed by atoms with Crippen molar-refractivity contribution in [2.75, 3.05) is 26.3 Å². The number of rotatable bonds is 10. The topological polar surface area (TPSA) is 77.5 Å². The molecule has 5 rings (SSSR count). The molecular weight excluding hydrogens is 681 g/mol. The summed E-state index contributed by atoms with van der Waals surface area (Å²) in [4.78, 5) is 15.0. The van der Waals surface area contributed by atoms with Crippen molar-refractivity contribution in [1.29, 1.82) is 0 Å². The summed E-state index contributed by atoms with van der Waals surface area (Å²) in [5, 5.41) is 12.8. The summed E-state index contributed by atoms with van der Waals surface area (Å²) in [6.45, 7) is 22.4. The molecule has 7 nitrogen and oxygen atoms in total. The third-order valence-electron chi connectivity index (χ3n) is 11.0. The number of hydrogen-bond donors (Lipinski definition) is 1. The Hall–Kier alpha value is -3.15. The predicted octanol–water partition coefficient (Wildman–Crippen LogP) is 10.3. The molecule has 0 saturated carbocycles. The molecule has 0 bridgehead atoms. The van der Waals surface area contributed by atoms with Crippen LogP contribution in [0.25, 0.3) is 11.1 Å². The number of piperidine rings is 1. The number of halogens is 2. The summed E-state index contributed by atoms with van der Waals surface area (Å²) in [5.74, 6) is -2.85. The molecule has 1 amide bonds. The van der Waals surface area contributed by atoms with E-state index < -0.39 is 49.5 Å². The van der Waals surface area contributed by atoms with Gasteiger partial charge in [-0.2, -0.15) is 0 Å². The Labute approximate surface area is 309 Å². The lowest BCUT2D eigenvalue weighted by Gasteiger charge is -2.46. The maximum absolute atomic E-state index is 15.1. The lowest BCUT2D eigenvalue weighted by Crippen LogP contribution is -2.52. The lowest BCUT2D eigenvalue weighted by atomic mass is 9.70. The average molecular weight is 738 g/mol. The largest absolute Gasteiger partial charge is 0.444 e. The molecule has 2 atom stereocenters. The molecule has 0 spiro atoms. The van der Waals surface area contributed by atoms with E-state index >= 15 is 4.39 Å². The van der Waals surface area contributed by atoms with Gasteiger partial charge in [0, 0.05) is 24.6 Å². The highest BCUT2D eigenvalue weighted by molar-refractivity contribution is 6.77. The lowest BCUT2D eigenvalue weighted by molar-refractivity contribution is -0.0678. The Morgan fingerprint density at radius 2 is 1.56 bits per heavy atom. The first-order valence-corrected chi connectivity index (χ1v) is 20.8. The first-order chi connectivity index (χ1) is 24.4. The van der Waals surface area contributed by atoms with Crippen LogP contribution in [-0.2, 0) is 30.8 Å². The van der Waals surface area contributed by atoms with Crippen LogP contribution in [-0.4, -0.2) is 56.3 Å². The van der Waals surface area contributed by atoms with Crippen LogP contribution in [0.4, 0.5) is 13.6 Å². The van der Waals surface area contributed by atoms with Crippen LogP contribution in [0.1, 0.15) is 109 Å². The van der Waals surface area contributed by atoms with Gasteiger partial charge in [0.1, 0.15) is 11.2 Å². The Bertz CT molecular complexity index is 1710. The molecule has 2 saturated heterocycles. The van der Waals surface area contributed by atoms with E-state index in [2.05, 4.69) is 59.7 Å². The minimum Gasteiger partial charge on any atom is -0.444 e. The highest BCUT2D eigenvalue weighted by Gasteiger charge is 2.49. The summed E-state index contributed by atoms with van der Waals surface area (Å²) in [5.41, 5.74) is 4.19. The molecule has 2 aliphatic rings. The summed E-state index contributed by atoms with van der Waals surface area (Å²) in [7, 11) is -2.12. The molecule has 284 valence electrons. The van der Waals surface area contributed by atoms with Crippen LogP contribution >= 0.6 is 0 Å². The Morgan fingerprint density at radius 3 is 2.15 bits per heavy atom. The third kappa shape index (κ3) is 8.01. The van der Waals surface area contributed by atoms with E-state index in [-0.39, 0.29) is 30.6 Å². The molecule has 3 aromatic rings. The maximum Gasteiger partial charge on any atom is 0.410 e. The second kappa shape index (κ2) is 15.7. The van der Waals surface area contributed by atoms with Gasteiger partial charge in [0.25, 0.3) is 0 Å². The highest BCUT2D eigenvalue weighted by Crippen LogP contribution is 2.49. The van der Waals surface area contributed by atoms with E-state index in [0.29, 0.717) is 36.4 Å². The van der Waals surface area contributed by atoms with Crippen molar-refractivity contribution in [2.24, 2.45) is 0 Å². The minimum atomic E-state index is -2.12. The number of aryl methyl sites for hydroxylation is 1. The molecule has 0 aliphatic carbocycles. The zero-order valence-electron chi connectivity index (χ0n) is 32.5. The van der Waals surface area contributed by atoms with E-state index in [1.54, 1.807) is 25.7 Å². The van der Waals surface area contributed by atoms with Crippen LogP contribution in [0.15, 0.2) is 54.6 Å². The zero-order valence-corrected chi connectivity index (χ0v) is 33.5. The fourth-order valence-electron chi connectivity index (χ4n) is 8.65. The van der Waals surface area contributed by atoms with Gasteiger partial charge >= 0.3 is 6.09 Å². The second-order valence-electron chi connectivity index (χ2n) is 16.4. The number of nitrogens with zero attached hydrogens (tertiary/aromatic N) is 1. The Balaban J connectivity index is 1.57. The predicted molar refractivity (Wildman–Crippen MR) is 203 cm³/mol. The SMILES string of the molecule is Cc1cc(-c2ccccc2CO[Si](C(C)C)(C(C)C)C(C)C)ccc1[C@H]1CN(C(=O)OC(C)(C)C)CC[C@]1(O)c1cc(F)c(F)cc1C1OCCO1. The monoisotopic (exact) mass is 737 g/mol. The van der Waals surface area contributed by atoms with Gasteiger partial charge in [-0.25, -0.2) is 13.6 Å². The third-order valence-corrected chi connectivity index (χ3v) is 17.0. The van der Waals surface area contributed by atoms with Gasteiger partial charge in [-0.15, -0.1) is 0 Å². The number of hydrogen-bond acceptors (Lipinski definition) is 6. The molecule has 52 heavy (non-hydrogen) atoms. The number of ether oxygens (including phenoxy) is 3. The number of benzene rings is 3. The molecule has 0 aromatic heterocycles. The molecule has 2 heterocycles. The molecule has 0 radical (unpaired) electrons. The van der Waals surface area contributed by atoms with Gasteiger partial charge in [-0.3, -0.25) is 0 Å². The summed E-state index contributed by atoms with van der Waals surface area (Å²) in [6, 6.07) is 16.5. The van der Waals surface area contributed by atoms with E-state index in [0.717, 1.165) is 39.9 Å². The summed E-state index contributed by atoms with van der Waals surface area (Å²) in [6.07, 6.45) is -1.40. The van der Waals surface area contributed by atoms with Gasteiger partial charge in [0.05, 0.1) is 19.8 Å². The maximum atomic E-state index is 15.1. The minimum absolute atomic E-state index is 0.0518. The van der Waals surface area contributed by atoms with Crippen LogP contribution < -0.4 is 0 Å². The van der Waals surface area contributed by atoms with Gasteiger partial charge in [0.15, 0.2) is 17.9 Å². The second-order valence-corrected chi connectivity index (χ2v) is 21.9. The standard InChI is InChI=1S/C42H57F2NO6Si/c1-26(2)52(27(3)4,28(5)6)50-25-31-13-11-12-14-33(31)30-15-16-32(29(7)21-30)36-24-45(40(46)51-41(8,9)10)18-17-42(36,47)35-23-38(44)37(43)22-34(35)39-48-19-20-49-39/h11-16,21-23,26-28,36,39,47H,17-20,24-25H2,1-10H3/t36-,42+/m1/s1. The molecule has 2 fully saturated rings. The van der Waals surface area contributed by atoms with Crippen molar-refractivity contribution < 1.29 is 37.3 Å². The normalized spacial score (nSPS) is 20.4. The van der Waals surface area contributed by atoms with Crippen LogP contribution in [0.5, 0.6) is 0 Å². The molecule has 10 heteroatoms. The molecular formula is C42H57F2NO6Si. The Morgan fingerprint density at radius 1 is 0.942 bits per heavy atom. The summed E-state index contributed by atoms with van der Waals surface area (Å²) >= 11 is 0. The number of likely N-dealkylation sites (tertiary alicyclic amines) is 1. The van der Waals surface area contributed by atoms with E-state index in [4.69, 9.17) is 18.6 Å². The van der Waals surface area contributed by atoms with Gasteiger partial charge in [-0.05, 0) is 96.3 Å². The smallest absolute Gasteiger partial charge is 0.410 e. The van der Waals surface area contributed by atoms with E-state index in [9.17, 15) is 14.3 Å². The Kier molecular flexibility index (Phi) is 12.1. The van der Waals surface area contributed by atoms with E-state index in [1.165, 1.54) is 0 Å². The van der Waals surface area contributed by atoms with Crippen molar-refractivity contribution in [2.45, 2.75) is 122 Å². The number of carbonyl (C=O) groups is 1. The van der Waals surface area contributed by atoms with Crippen molar-refractivity contribution in [1.82, 2.24) is 4.90 Å². The van der Waals surface area contributed by atoms with Gasteiger partial charge in [-0.1, -0.05) is 84.0 Å². The average Bonchev–Trinajstić information content (AvgIpc) is 3.60. The van der Waals surface area contributed by atoms with Gasteiger partial charge < -0.3 is 28.6 Å². The van der Waals surface area contributed by atoms with Crippen molar-refractivity contribution >= 4 is 14.4 Å². The number of aliphatic hydroxyl groups is 1. The number of carbonyl (C=O) groups excluding carboxylic acids is 1.